The van der Waals surface area contributed by atoms with E-state index in [0.29, 0.717) is 18.3 Å². The Morgan fingerprint density at radius 1 is 1.16 bits per heavy atom. The zero-order valence-corrected chi connectivity index (χ0v) is 17.1. The number of amides is 2. The molecule has 138 valence electrons. The van der Waals surface area contributed by atoms with Crippen LogP contribution in [0.1, 0.15) is 58.8 Å². The highest BCUT2D eigenvalue weighted by molar-refractivity contribution is 14.1. The van der Waals surface area contributed by atoms with E-state index in [1.807, 2.05) is 29.1 Å². The van der Waals surface area contributed by atoms with Crippen LogP contribution in [0.3, 0.4) is 0 Å². The fraction of sp³-hybridized carbons (Fsp3) is 0.789. The second-order valence-electron chi connectivity index (χ2n) is 8.83. The quantitative estimate of drug-likeness (QED) is 0.594. The van der Waals surface area contributed by atoms with Crippen LogP contribution in [-0.4, -0.2) is 29.5 Å². The number of hydrogen-bond donors (Lipinski definition) is 2. The maximum atomic E-state index is 12.7. The first-order valence-corrected chi connectivity index (χ1v) is 10.3. The van der Waals surface area contributed by atoms with Crippen molar-refractivity contribution in [2.24, 2.45) is 17.3 Å². The van der Waals surface area contributed by atoms with Gasteiger partial charge in [0.15, 0.2) is 0 Å². The van der Waals surface area contributed by atoms with Gasteiger partial charge in [-0.15, -0.1) is 0 Å². The number of fused-ring (bicyclic) bond motifs is 5. The standard InChI is InChI=1S/C19H27IN2O3/c1-18-7-5-12(25-20)9-11(18)10-16(24)21-17-13(18)6-8-19(2)14(17)3-4-15(23)22-19/h10,12-14,17H,3-9H2,1-2H3,(H,21,24)(H,22,23)/t12-,13-,14-,17+,18-,19-/m0/s1. The average Bonchev–Trinajstić information content (AvgIpc) is 2.66. The molecule has 2 heterocycles. The first-order valence-electron chi connectivity index (χ1n) is 9.46. The summed E-state index contributed by atoms with van der Waals surface area (Å²) in [6.07, 6.45) is 8.51. The molecule has 2 N–H and O–H groups in total. The number of carbonyl (C=O) groups excluding carboxylic acids is 2. The Morgan fingerprint density at radius 2 is 1.96 bits per heavy atom. The van der Waals surface area contributed by atoms with Crippen LogP contribution in [0.2, 0.25) is 0 Å². The van der Waals surface area contributed by atoms with Crippen molar-refractivity contribution in [3.63, 3.8) is 0 Å². The van der Waals surface area contributed by atoms with Gasteiger partial charge in [-0.05, 0) is 56.8 Å². The first-order chi connectivity index (χ1) is 11.9. The molecule has 0 bridgehead atoms. The normalized spacial score (nSPS) is 46.6. The number of piperidine rings is 1. The fourth-order valence-electron chi connectivity index (χ4n) is 6.02. The Kier molecular flexibility index (Phi) is 4.42. The van der Waals surface area contributed by atoms with Gasteiger partial charge in [0.2, 0.25) is 11.8 Å². The number of rotatable bonds is 1. The second kappa shape index (κ2) is 6.22. The SMILES string of the molecule is C[C@]12CC[C@H](OI)CC1=CC(=O)N[C@@H]1[C@@H]2CC[C@]2(C)NC(=O)CC[C@@H]12. The van der Waals surface area contributed by atoms with Crippen LogP contribution in [0, 0.1) is 17.3 Å². The highest BCUT2D eigenvalue weighted by Gasteiger charge is 2.56. The molecule has 2 aliphatic carbocycles. The van der Waals surface area contributed by atoms with Crippen molar-refractivity contribution in [2.45, 2.75) is 76.5 Å². The lowest BCUT2D eigenvalue weighted by atomic mass is 9.53. The Labute approximate surface area is 163 Å². The molecule has 2 saturated carbocycles. The third kappa shape index (κ3) is 2.83. The molecule has 2 amide bonds. The van der Waals surface area contributed by atoms with Crippen molar-refractivity contribution in [3.05, 3.63) is 11.6 Å². The van der Waals surface area contributed by atoms with E-state index in [1.165, 1.54) is 5.57 Å². The summed E-state index contributed by atoms with van der Waals surface area (Å²) in [4.78, 5) is 24.6. The minimum absolute atomic E-state index is 0.0315. The summed E-state index contributed by atoms with van der Waals surface area (Å²) in [6.45, 7) is 4.52. The third-order valence-corrected chi connectivity index (χ3v) is 8.21. The minimum Gasteiger partial charge on any atom is -0.351 e. The highest BCUT2D eigenvalue weighted by Crippen LogP contribution is 2.56. The van der Waals surface area contributed by atoms with E-state index in [-0.39, 0.29) is 34.9 Å². The summed E-state index contributed by atoms with van der Waals surface area (Å²) in [7, 11) is 0. The third-order valence-electron chi connectivity index (χ3n) is 7.49. The van der Waals surface area contributed by atoms with Crippen molar-refractivity contribution >= 4 is 34.8 Å². The topological polar surface area (TPSA) is 67.4 Å². The number of carbonyl (C=O) groups is 2. The summed E-state index contributed by atoms with van der Waals surface area (Å²) in [6, 6.07) is 0.141. The predicted octanol–water partition coefficient (Wildman–Crippen LogP) is 3.03. The molecule has 0 aromatic heterocycles. The van der Waals surface area contributed by atoms with E-state index in [1.54, 1.807) is 0 Å². The van der Waals surface area contributed by atoms with E-state index in [4.69, 9.17) is 3.07 Å². The Balaban J connectivity index is 1.69. The molecule has 0 radical (unpaired) electrons. The molecule has 6 heteroatoms. The molecule has 0 aromatic rings. The number of nitrogens with one attached hydrogen (secondary N) is 2. The summed E-state index contributed by atoms with van der Waals surface area (Å²) in [5.41, 5.74) is 1.12. The molecule has 0 unspecified atom stereocenters. The van der Waals surface area contributed by atoms with Gasteiger partial charge < -0.3 is 13.7 Å². The molecular formula is C19H27IN2O3. The van der Waals surface area contributed by atoms with Gasteiger partial charge >= 0.3 is 0 Å². The van der Waals surface area contributed by atoms with Crippen LogP contribution in [0.4, 0.5) is 0 Å². The predicted molar refractivity (Wildman–Crippen MR) is 103 cm³/mol. The summed E-state index contributed by atoms with van der Waals surface area (Å²) in [5.74, 6) is 0.940. The molecule has 3 fully saturated rings. The average molecular weight is 458 g/mol. The van der Waals surface area contributed by atoms with Gasteiger partial charge in [-0.1, -0.05) is 12.5 Å². The number of halogens is 1. The Hall–Kier alpha value is -0.630. The molecular weight excluding hydrogens is 431 g/mol. The molecule has 1 saturated heterocycles. The summed E-state index contributed by atoms with van der Waals surface area (Å²) >= 11 is 1.99. The van der Waals surface area contributed by atoms with Crippen molar-refractivity contribution in [2.75, 3.05) is 0 Å². The lowest BCUT2D eigenvalue weighted by molar-refractivity contribution is -0.130. The van der Waals surface area contributed by atoms with Crippen LogP contribution in [0.15, 0.2) is 11.6 Å². The molecule has 6 atom stereocenters. The van der Waals surface area contributed by atoms with Crippen molar-refractivity contribution < 1.29 is 12.7 Å². The molecule has 25 heavy (non-hydrogen) atoms. The largest absolute Gasteiger partial charge is 0.351 e. The maximum absolute atomic E-state index is 12.7. The van der Waals surface area contributed by atoms with Gasteiger partial charge in [0.1, 0.15) is 23.0 Å². The molecule has 2 aliphatic heterocycles. The fourth-order valence-corrected chi connectivity index (χ4v) is 6.46. The molecule has 0 aromatic carbocycles. The van der Waals surface area contributed by atoms with E-state index in [9.17, 15) is 9.59 Å². The van der Waals surface area contributed by atoms with Gasteiger partial charge in [-0.25, -0.2) is 0 Å². The monoisotopic (exact) mass is 458 g/mol. The van der Waals surface area contributed by atoms with E-state index in [0.717, 1.165) is 38.5 Å². The van der Waals surface area contributed by atoms with Gasteiger partial charge in [0, 0.05) is 30.0 Å². The van der Waals surface area contributed by atoms with E-state index >= 15 is 0 Å². The zero-order chi connectivity index (χ0) is 17.8. The molecule has 4 rings (SSSR count). The van der Waals surface area contributed by atoms with Gasteiger partial charge in [-0.3, -0.25) is 9.59 Å². The van der Waals surface area contributed by atoms with Crippen molar-refractivity contribution in [1.29, 1.82) is 0 Å². The van der Waals surface area contributed by atoms with Crippen LogP contribution in [-0.2, 0) is 12.7 Å². The Morgan fingerprint density at radius 3 is 2.72 bits per heavy atom. The smallest absolute Gasteiger partial charge is 0.244 e. The second-order valence-corrected chi connectivity index (χ2v) is 9.34. The maximum Gasteiger partial charge on any atom is 0.244 e. The summed E-state index contributed by atoms with van der Waals surface area (Å²) in [5, 5.41) is 6.56. The lowest BCUT2D eigenvalue weighted by Crippen LogP contribution is -2.66. The minimum atomic E-state index is -0.187. The van der Waals surface area contributed by atoms with Gasteiger partial charge in [0.05, 0.1) is 6.10 Å². The van der Waals surface area contributed by atoms with Crippen molar-refractivity contribution in [1.82, 2.24) is 10.6 Å². The van der Waals surface area contributed by atoms with Crippen LogP contribution >= 0.6 is 23.0 Å². The molecule has 4 aliphatic rings. The lowest BCUT2D eigenvalue weighted by Gasteiger charge is -2.56. The highest BCUT2D eigenvalue weighted by atomic mass is 127. The van der Waals surface area contributed by atoms with Crippen LogP contribution in [0.25, 0.3) is 0 Å². The zero-order valence-electron chi connectivity index (χ0n) is 14.9. The molecule has 5 nitrogen and oxygen atoms in total. The van der Waals surface area contributed by atoms with Crippen LogP contribution < -0.4 is 10.6 Å². The van der Waals surface area contributed by atoms with Crippen molar-refractivity contribution in [3.8, 4) is 0 Å². The molecule has 0 spiro atoms. The number of hydrogen-bond acceptors (Lipinski definition) is 3. The van der Waals surface area contributed by atoms with Crippen LogP contribution in [0.5, 0.6) is 0 Å². The Bertz CT molecular complexity index is 636. The van der Waals surface area contributed by atoms with Gasteiger partial charge in [-0.2, -0.15) is 0 Å². The van der Waals surface area contributed by atoms with E-state index < -0.39 is 0 Å². The summed E-state index contributed by atoms with van der Waals surface area (Å²) < 4.78 is 5.56. The first kappa shape index (κ1) is 17.8. The van der Waals surface area contributed by atoms with E-state index in [2.05, 4.69) is 24.5 Å². The van der Waals surface area contributed by atoms with Gasteiger partial charge in [0.25, 0.3) is 0 Å².